The standard InChI is InChI=1S/C65H43F2N/c66-56-40-38-51(43-19-7-1-8-20-43)59(45-23-11-3-12-24-45)64(56)61(46-25-13-4-14-26-46)54-36-31-48-33-37-55-58(42-34-49-32-35-53(54)60(48)62(49)55)68(50-29-17-6-18-30-50)65-57(67)41-39-52(44-21-9-2-10-22-44)63(65)47-27-15-5-16-28-47/h1-42,61H. The molecule has 0 fully saturated rings. The van der Waals surface area contributed by atoms with E-state index < -0.39 is 5.92 Å². The SMILES string of the molecule is Fc1ccc(-c2ccccc2)c(-c2ccccc2)c1C(c1ccccc1)c1ccc2ccc3c(N(c4ccccc4)c4c(F)ccc(-c5ccccc5)c4-c4ccccc4)ccc4ccc1c2c43. The molecular weight excluding hydrogens is 833 g/mol. The molecule has 1 atom stereocenters. The number of rotatable bonds is 10. The predicted molar refractivity (Wildman–Crippen MR) is 280 cm³/mol. The number of anilines is 3. The van der Waals surface area contributed by atoms with Gasteiger partial charge in [-0.25, -0.2) is 8.78 Å². The second-order valence-corrected chi connectivity index (χ2v) is 17.3. The summed E-state index contributed by atoms with van der Waals surface area (Å²) in [6.45, 7) is 0. The lowest BCUT2D eigenvalue weighted by atomic mass is 9.76. The number of para-hydroxylation sites is 1. The molecule has 1 nitrogen and oxygen atoms in total. The molecule has 322 valence electrons. The van der Waals surface area contributed by atoms with Crippen LogP contribution < -0.4 is 4.90 Å². The maximum Gasteiger partial charge on any atom is 0.147 e. The average Bonchev–Trinajstić information content (AvgIpc) is 3.41. The van der Waals surface area contributed by atoms with Gasteiger partial charge in [0.05, 0.1) is 11.4 Å². The molecule has 0 N–H and O–H groups in total. The number of halogens is 2. The Balaban J connectivity index is 1.15. The Morgan fingerprint density at radius 2 is 0.779 bits per heavy atom. The Hall–Kier alpha value is -8.66. The van der Waals surface area contributed by atoms with Crippen molar-refractivity contribution in [2.75, 3.05) is 4.90 Å². The molecule has 68 heavy (non-hydrogen) atoms. The van der Waals surface area contributed by atoms with Gasteiger partial charge < -0.3 is 4.90 Å². The highest BCUT2D eigenvalue weighted by Gasteiger charge is 2.30. The van der Waals surface area contributed by atoms with Gasteiger partial charge in [-0.2, -0.15) is 0 Å². The van der Waals surface area contributed by atoms with Crippen molar-refractivity contribution >= 4 is 49.4 Å². The molecule has 0 radical (unpaired) electrons. The quantitative estimate of drug-likeness (QED) is 0.0977. The molecule has 12 rings (SSSR count). The molecule has 1 unspecified atom stereocenters. The third kappa shape index (κ3) is 6.99. The van der Waals surface area contributed by atoms with Gasteiger partial charge >= 0.3 is 0 Å². The summed E-state index contributed by atoms with van der Waals surface area (Å²) >= 11 is 0. The Labute approximate surface area is 394 Å². The van der Waals surface area contributed by atoms with E-state index in [0.29, 0.717) is 11.3 Å². The fourth-order valence-corrected chi connectivity index (χ4v) is 10.6. The number of hydrogen-bond donors (Lipinski definition) is 0. The molecule has 0 aromatic heterocycles. The average molecular weight is 876 g/mol. The number of nitrogens with zero attached hydrogens (tertiary/aromatic N) is 1. The van der Waals surface area contributed by atoms with Gasteiger partial charge in [0, 0.05) is 28.1 Å². The van der Waals surface area contributed by atoms with Crippen LogP contribution in [0.2, 0.25) is 0 Å². The molecule has 0 spiro atoms. The van der Waals surface area contributed by atoms with E-state index in [4.69, 9.17) is 0 Å². The second-order valence-electron chi connectivity index (χ2n) is 17.3. The van der Waals surface area contributed by atoms with Gasteiger partial charge in [0.2, 0.25) is 0 Å². The largest absolute Gasteiger partial charge is 0.307 e. The van der Waals surface area contributed by atoms with E-state index in [2.05, 4.69) is 114 Å². The van der Waals surface area contributed by atoms with Crippen LogP contribution in [0.3, 0.4) is 0 Å². The lowest BCUT2D eigenvalue weighted by molar-refractivity contribution is 0.608. The van der Waals surface area contributed by atoms with Gasteiger partial charge in [-0.3, -0.25) is 0 Å². The first-order valence-corrected chi connectivity index (χ1v) is 23.1. The zero-order valence-corrected chi connectivity index (χ0v) is 37.0. The molecule has 12 aromatic carbocycles. The van der Waals surface area contributed by atoms with Crippen LogP contribution in [0.1, 0.15) is 22.6 Å². The van der Waals surface area contributed by atoms with Gasteiger partial charge in [0.25, 0.3) is 0 Å². The van der Waals surface area contributed by atoms with E-state index in [1.807, 2.05) is 133 Å². The molecule has 0 bridgehead atoms. The summed E-state index contributed by atoms with van der Waals surface area (Å²) in [5.74, 6) is -1.08. The molecule has 0 heterocycles. The molecule has 0 aliphatic heterocycles. The highest BCUT2D eigenvalue weighted by molar-refractivity contribution is 6.26. The van der Waals surface area contributed by atoms with Crippen molar-refractivity contribution in [2.45, 2.75) is 5.92 Å². The predicted octanol–water partition coefficient (Wildman–Crippen LogP) is 18.2. The van der Waals surface area contributed by atoms with Gasteiger partial charge in [0.15, 0.2) is 0 Å². The summed E-state index contributed by atoms with van der Waals surface area (Å²) < 4.78 is 34.8. The van der Waals surface area contributed by atoms with Crippen molar-refractivity contribution in [1.29, 1.82) is 0 Å². The molecule has 12 aromatic rings. The molecule has 0 saturated heterocycles. The smallest absolute Gasteiger partial charge is 0.147 e. The Bertz CT molecular complexity index is 3480. The lowest BCUT2D eigenvalue weighted by Crippen LogP contribution is -2.14. The van der Waals surface area contributed by atoms with E-state index in [-0.39, 0.29) is 11.6 Å². The van der Waals surface area contributed by atoms with Crippen molar-refractivity contribution < 1.29 is 8.78 Å². The third-order valence-corrected chi connectivity index (χ3v) is 13.5. The van der Waals surface area contributed by atoms with Gasteiger partial charge in [-0.1, -0.05) is 224 Å². The lowest BCUT2D eigenvalue weighted by Gasteiger charge is -2.31. The fraction of sp³-hybridized carbons (Fsp3) is 0.0154. The van der Waals surface area contributed by atoms with Crippen molar-refractivity contribution in [1.82, 2.24) is 0 Å². The van der Waals surface area contributed by atoms with Crippen LogP contribution in [0.15, 0.2) is 255 Å². The van der Waals surface area contributed by atoms with Crippen LogP contribution in [0.5, 0.6) is 0 Å². The molecule has 0 saturated carbocycles. The van der Waals surface area contributed by atoms with Crippen molar-refractivity contribution in [2.24, 2.45) is 0 Å². The van der Waals surface area contributed by atoms with Crippen molar-refractivity contribution in [3.8, 4) is 44.5 Å². The van der Waals surface area contributed by atoms with E-state index in [9.17, 15) is 0 Å². The Morgan fingerprint density at radius 1 is 0.338 bits per heavy atom. The molecule has 3 heteroatoms. The zero-order valence-electron chi connectivity index (χ0n) is 37.0. The molecule has 0 aliphatic carbocycles. The second kappa shape index (κ2) is 17.3. The highest BCUT2D eigenvalue weighted by Crippen LogP contribution is 2.52. The summed E-state index contributed by atoms with van der Waals surface area (Å²) in [5, 5.41) is 6.28. The van der Waals surface area contributed by atoms with Crippen LogP contribution in [0.25, 0.3) is 76.8 Å². The number of benzene rings is 12. The molecule has 0 amide bonds. The monoisotopic (exact) mass is 875 g/mol. The zero-order chi connectivity index (χ0) is 45.6. The number of hydrogen-bond acceptors (Lipinski definition) is 1. The van der Waals surface area contributed by atoms with E-state index in [0.717, 1.165) is 99.3 Å². The molecule has 0 aliphatic rings. The molecular formula is C65H43F2N. The topological polar surface area (TPSA) is 3.24 Å². The van der Waals surface area contributed by atoms with Crippen LogP contribution in [0, 0.1) is 11.6 Å². The van der Waals surface area contributed by atoms with Crippen LogP contribution in [-0.2, 0) is 0 Å². The summed E-state index contributed by atoms with van der Waals surface area (Å²) in [6, 6.07) is 85.7. The fourth-order valence-electron chi connectivity index (χ4n) is 10.6. The Morgan fingerprint density at radius 3 is 1.37 bits per heavy atom. The van der Waals surface area contributed by atoms with Gasteiger partial charge in [0.1, 0.15) is 11.6 Å². The first-order valence-electron chi connectivity index (χ1n) is 23.1. The summed E-state index contributed by atoms with van der Waals surface area (Å²) in [5.41, 5.74) is 12.2. The van der Waals surface area contributed by atoms with Crippen LogP contribution >= 0.6 is 0 Å². The minimum atomic E-state index is -0.483. The van der Waals surface area contributed by atoms with Gasteiger partial charge in [-0.15, -0.1) is 0 Å². The van der Waals surface area contributed by atoms with Crippen LogP contribution in [-0.4, -0.2) is 0 Å². The minimum Gasteiger partial charge on any atom is -0.307 e. The van der Waals surface area contributed by atoms with E-state index in [1.54, 1.807) is 12.1 Å². The maximum atomic E-state index is 17.4. The first-order chi connectivity index (χ1) is 33.6. The summed E-state index contributed by atoms with van der Waals surface area (Å²) in [4.78, 5) is 2.10. The van der Waals surface area contributed by atoms with Crippen LogP contribution in [0.4, 0.5) is 25.8 Å². The normalized spacial score (nSPS) is 11.9. The minimum absolute atomic E-state index is 0.266. The Kier molecular flexibility index (Phi) is 10.4. The summed E-state index contributed by atoms with van der Waals surface area (Å²) in [7, 11) is 0. The maximum absolute atomic E-state index is 17.4. The van der Waals surface area contributed by atoms with Gasteiger partial charge in [-0.05, 0) is 107 Å². The van der Waals surface area contributed by atoms with Crippen molar-refractivity contribution in [3.05, 3.63) is 283 Å². The van der Waals surface area contributed by atoms with E-state index in [1.165, 1.54) is 0 Å². The third-order valence-electron chi connectivity index (χ3n) is 13.5. The first kappa shape index (κ1) is 40.8. The van der Waals surface area contributed by atoms with E-state index >= 15 is 8.78 Å². The van der Waals surface area contributed by atoms with Crippen molar-refractivity contribution in [3.63, 3.8) is 0 Å². The summed E-state index contributed by atoms with van der Waals surface area (Å²) in [6.07, 6.45) is 0. The highest BCUT2D eigenvalue weighted by atomic mass is 19.1.